The van der Waals surface area contributed by atoms with Crippen LogP contribution in [0.15, 0.2) is 14.7 Å². The first-order chi connectivity index (χ1) is 9.55. The molecule has 1 aromatic heterocycles. The maximum Gasteiger partial charge on any atom is 0.245 e. The van der Waals surface area contributed by atoms with Gasteiger partial charge in [0, 0.05) is 24.5 Å². The first kappa shape index (κ1) is 16.4. The SMILES string of the molecule is CCCNCc1cc(S(=O)(=O)N2CCOCC2)c(Br)s1. The Hall–Kier alpha value is 0.01000. The van der Waals surface area contributed by atoms with Gasteiger partial charge in [0.25, 0.3) is 0 Å². The summed E-state index contributed by atoms with van der Waals surface area (Å²) < 4.78 is 32.5. The number of hydrogen-bond acceptors (Lipinski definition) is 5. The van der Waals surface area contributed by atoms with E-state index in [-0.39, 0.29) is 0 Å². The van der Waals surface area contributed by atoms with Crippen LogP contribution in [0.5, 0.6) is 0 Å². The number of ether oxygens (including phenoxy) is 1. The Morgan fingerprint density at radius 1 is 1.45 bits per heavy atom. The van der Waals surface area contributed by atoms with Crippen molar-refractivity contribution in [2.45, 2.75) is 24.8 Å². The number of nitrogens with zero attached hydrogens (tertiary/aromatic N) is 1. The molecule has 1 aromatic rings. The Morgan fingerprint density at radius 3 is 2.80 bits per heavy atom. The molecule has 1 aliphatic heterocycles. The lowest BCUT2D eigenvalue weighted by Gasteiger charge is -2.25. The summed E-state index contributed by atoms with van der Waals surface area (Å²) in [5.41, 5.74) is 0. The molecule has 2 rings (SSSR count). The predicted octanol–water partition coefficient (Wildman–Crippen LogP) is 2.03. The molecule has 0 atom stereocenters. The Labute approximate surface area is 132 Å². The summed E-state index contributed by atoms with van der Waals surface area (Å²) in [6.45, 7) is 5.52. The summed E-state index contributed by atoms with van der Waals surface area (Å²) in [7, 11) is -3.41. The van der Waals surface area contributed by atoms with Crippen LogP contribution in [0.2, 0.25) is 0 Å². The van der Waals surface area contributed by atoms with Gasteiger partial charge in [0.1, 0.15) is 4.90 Å². The molecule has 0 radical (unpaired) electrons. The molecule has 0 aliphatic carbocycles. The van der Waals surface area contributed by atoms with Crippen molar-refractivity contribution in [1.29, 1.82) is 0 Å². The molecule has 1 N–H and O–H groups in total. The molecule has 0 aromatic carbocycles. The van der Waals surface area contributed by atoms with E-state index in [0.29, 0.717) is 41.5 Å². The molecular formula is C12H19BrN2O3S2. The molecule has 5 nitrogen and oxygen atoms in total. The van der Waals surface area contributed by atoms with Crippen LogP contribution in [0.25, 0.3) is 0 Å². The Bertz CT molecular complexity index is 539. The van der Waals surface area contributed by atoms with Crippen molar-refractivity contribution in [2.24, 2.45) is 0 Å². The highest BCUT2D eigenvalue weighted by molar-refractivity contribution is 9.11. The average molecular weight is 383 g/mol. The van der Waals surface area contributed by atoms with E-state index in [4.69, 9.17) is 4.74 Å². The van der Waals surface area contributed by atoms with Gasteiger partial charge in [-0.15, -0.1) is 11.3 Å². The third-order valence-electron chi connectivity index (χ3n) is 3.02. The van der Waals surface area contributed by atoms with E-state index in [1.165, 1.54) is 15.6 Å². The lowest BCUT2D eigenvalue weighted by molar-refractivity contribution is 0.0730. The fraction of sp³-hybridized carbons (Fsp3) is 0.667. The fourth-order valence-corrected chi connectivity index (χ4v) is 5.99. The van der Waals surface area contributed by atoms with E-state index < -0.39 is 10.0 Å². The minimum atomic E-state index is -3.41. The van der Waals surface area contributed by atoms with E-state index in [1.807, 2.05) is 0 Å². The zero-order valence-corrected chi connectivity index (χ0v) is 14.6. The molecular weight excluding hydrogens is 364 g/mol. The molecule has 2 heterocycles. The number of rotatable bonds is 6. The van der Waals surface area contributed by atoms with Crippen LogP contribution in [0.4, 0.5) is 0 Å². The lowest BCUT2D eigenvalue weighted by Crippen LogP contribution is -2.40. The van der Waals surface area contributed by atoms with E-state index in [2.05, 4.69) is 28.2 Å². The third kappa shape index (κ3) is 3.80. The minimum absolute atomic E-state index is 0.373. The van der Waals surface area contributed by atoms with Gasteiger partial charge in [-0.1, -0.05) is 6.92 Å². The van der Waals surface area contributed by atoms with E-state index in [0.717, 1.165) is 17.8 Å². The van der Waals surface area contributed by atoms with Gasteiger partial charge < -0.3 is 10.1 Å². The maximum absolute atomic E-state index is 12.6. The molecule has 20 heavy (non-hydrogen) atoms. The van der Waals surface area contributed by atoms with Crippen molar-refractivity contribution in [2.75, 3.05) is 32.8 Å². The monoisotopic (exact) mass is 382 g/mol. The smallest absolute Gasteiger partial charge is 0.245 e. The maximum atomic E-state index is 12.6. The fourth-order valence-electron chi connectivity index (χ4n) is 1.98. The van der Waals surface area contributed by atoms with E-state index in [9.17, 15) is 8.42 Å². The van der Waals surface area contributed by atoms with Gasteiger partial charge in [0.15, 0.2) is 0 Å². The quantitative estimate of drug-likeness (QED) is 0.764. The lowest BCUT2D eigenvalue weighted by atomic mass is 10.4. The molecule has 0 unspecified atom stereocenters. The first-order valence-corrected chi connectivity index (χ1v) is 9.67. The van der Waals surface area contributed by atoms with Gasteiger partial charge in [-0.25, -0.2) is 8.42 Å². The van der Waals surface area contributed by atoms with Gasteiger partial charge in [-0.2, -0.15) is 4.31 Å². The molecule has 0 saturated carbocycles. The number of thiophene rings is 1. The summed E-state index contributed by atoms with van der Waals surface area (Å²) in [4.78, 5) is 1.40. The van der Waals surface area contributed by atoms with Crippen molar-refractivity contribution in [3.63, 3.8) is 0 Å². The van der Waals surface area contributed by atoms with Crippen molar-refractivity contribution in [3.8, 4) is 0 Å². The predicted molar refractivity (Wildman–Crippen MR) is 83.6 cm³/mol. The first-order valence-electron chi connectivity index (χ1n) is 6.62. The van der Waals surface area contributed by atoms with Gasteiger partial charge in [-0.3, -0.25) is 0 Å². The van der Waals surface area contributed by atoms with Crippen LogP contribution in [0, 0.1) is 0 Å². The van der Waals surface area contributed by atoms with Gasteiger partial charge in [-0.05, 0) is 35.0 Å². The number of halogens is 1. The van der Waals surface area contributed by atoms with Crippen LogP contribution in [0.3, 0.4) is 0 Å². The number of morpholine rings is 1. The number of hydrogen-bond donors (Lipinski definition) is 1. The van der Waals surface area contributed by atoms with Crippen molar-refractivity contribution < 1.29 is 13.2 Å². The normalized spacial score (nSPS) is 17.5. The topological polar surface area (TPSA) is 58.6 Å². The largest absolute Gasteiger partial charge is 0.379 e. The zero-order chi connectivity index (χ0) is 14.6. The van der Waals surface area contributed by atoms with Gasteiger partial charge in [0.2, 0.25) is 10.0 Å². The minimum Gasteiger partial charge on any atom is -0.379 e. The van der Waals surface area contributed by atoms with Crippen molar-refractivity contribution >= 4 is 37.3 Å². The van der Waals surface area contributed by atoms with Crippen molar-refractivity contribution in [3.05, 3.63) is 14.7 Å². The molecule has 1 saturated heterocycles. The van der Waals surface area contributed by atoms with Crippen LogP contribution in [-0.4, -0.2) is 45.6 Å². The summed E-state index contributed by atoms with van der Waals surface area (Å²) >= 11 is 4.85. The van der Waals surface area contributed by atoms with Gasteiger partial charge >= 0.3 is 0 Å². The number of sulfonamides is 1. The summed E-state index contributed by atoms with van der Waals surface area (Å²) in [6.07, 6.45) is 1.06. The molecule has 1 fully saturated rings. The number of nitrogens with one attached hydrogen (secondary N) is 1. The van der Waals surface area contributed by atoms with Crippen LogP contribution in [-0.2, 0) is 21.3 Å². The Morgan fingerprint density at radius 2 is 2.15 bits per heavy atom. The summed E-state index contributed by atoms with van der Waals surface area (Å²) in [5.74, 6) is 0. The molecule has 114 valence electrons. The Kier molecular flexibility index (Phi) is 6.00. The third-order valence-corrected chi connectivity index (χ3v) is 7.17. The summed E-state index contributed by atoms with van der Waals surface area (Å²) in [5, 5.41) is 3.28. The molecule has 1 aliphatic rings. The second kappa shape index (κ2) is 7.33. The highest BCUT2D eigenvalue weighted by Gasteiger charge is 2.29. The van der Waals surface area contributed by atoms with Crippen molar-refractivity contribution in [1.82, 2.24) is 9.62 Å². The average Bonchev–Trinajstić information content (AvgIpc) is 2.82. The van der Waals surface area contributed by atoms with Gasteiger partial charge in [0.05, 0.1) is 17.0 Å². The highest BCUT2D eigenvalue weighted by atomic mass is 79.9. The Balaban J connectivity index is 2.14. The van der Waals surface area contributed by atoms with Crippen LogP contribution in [0.1, 0.15) is 18.2 Å². The zero-order valence-electron chi connectivity index (χ0n) is 11.4. The van der Waals surface area contributed by atoms with Crippen LogP contribution < -0.4 is 5.32 Å². The molecule has 0 bridgehead atoms. The second-order valence-electron chi connectivity index (χ2n) is 4.54. The van der Waals surface area contributed by atoms with E-state index in [1.54, 1.807) is 6.07 Å². The molecule has 8 heteroatoms. The highest BCUT2D eigenvalue weighted by Crippen LogP contribution is 2.33. The summed E-state index contributed by atoms with van der Waals surface area (Å²) in [6, 6.07) is 1.77. The standard InChI is InChI=1S/C12H19BrN2O3S2/c1-2-3-14-9-10-8-11(12(13)19-10)20(16,17)15-4-6-18-7-5-15/h8,14H,2-7,9H2,1H3. The second-order valence-corrected chi connectivity index (χ2v) is 8.90. The molecule has 0 spiro atoms. The van der Waals surface area contributed by atoms with Crippen LogP contribution >= 0.6 is 27.3 Å². The van der Waals surface area contributed by atoms with E-state index >= 15 is 0 Å². The molecule has 0 amide bonds.